The molecule has 0 aliphatic carbocycles. The molecule has 0 fully saturated rings. The molecule has 9 heteroatoms. The smallest absolute Gasteiger partial charge is 0.244 e. The molecule has 0 aliphatic rings. The summed E-state index contributed by atoms with van der Waals surface area (Å²) in [6.07, 6.45) is 4.20. The number of carbonyl (C=O) groups is 4. The molecule has 252 valence electrons. The fourth-order valence-electron chi connectivity index (χ4n) is 6.03. The molecule has 9 nitrogen and oxygen atoms in total. The number of rotatable bonds is 16. The van der Waals surface area contributed by atoms with E-state index in [1.807, 2.05) is 109 Å². The minimum absolute atomic E-state index is 0.0252. The molecule has 0 bridgehead atoms. The molecule has 3 amide bonds. The van der Waals surface area contributed by atoms with E-state index in [9.17, 15) is 24.4 Å². The first kappa shape index (κ1) is 34.8. The monoisotopic (exact) mass is 658 g/mol. The number of nitrogens with one attached hydrogen (secondary N) is 4. The van der Waals surface area contributed by atoms with Gasteiger partial charge in [0.1, 0.15) is 6.04 Å². The minimum Gasteiger partial charge on any atom is -0.361 e. The number of ketones is 1. The third-order valence-corrected chi connectivity index (χ3v) is 8.81. The van der Waals surface area contributed by atoms with Gasteiger partial charge >= 0.3 is 0 Å². The van der Waals surface area contributed by atoms with Crippen LogP contribution >= 0.6 is 0 Å². The molecule has 0 unspecified atom stereocenters. The number of amides is 3. The van der Waals surface area contributed by atoms with Crippen molar-refractivity contribution in [1.29, 1.82) is 0 Å². The largest absolute Gasteiger partial charge is 0.361 e. The summed E-state index contributed by atoms with van der Waals surface area (Å²) < 4.78 is 0. The van der Waals surface area contributed by atoms with Crippen molar-refractivity contribution >= 4 is 34.4 Å². The van der Waals surface area contributed by atoms with Gasteiger partial charge in [-0.1, -0.05) is 97.1 Å². The third kappa shape index (κ3) is 9.74. The Balaban J connectivity index is 1.24. The molecular formula is C40H42N4O5. The van der Waals surface area contributed by atoms with Crippen molar-refractivity contribution in [3.63, 3.8) is 0 Å². The van der Waals surface area contributed by atoms with Crippen LogP contribution in [0.15, 0.2) is 109 Å². The zero-order valence-corrected chi connectivity index (χ0v) is 27.6. The Morgan fingerprint density at radius 3 is 2.10 bits per heavy atom. The molecule has 1 heterocycles. The summed E-state index contributed by atoms with van der Waals surface area (Å²) >= 11 is 0. The topological polar surface area (TPSA) is 140 Å². The van der Waals surface area contributed by atoms with Crippen molar-refractivity contribution < 1.29 is 24.4 Å². The van der Waals surface area contributed by atoms with Crippen LogP contribution in [0.1, 0.15) is 53.2 Å². The molecule has 0 aliphatic heterocycles. The molecule has 4 aromatic carbocycles. The summed E-state index contributed by atoms with van der Waals surface area (Å²) in [4.78, 5) is 54.3. The van der Waals surface area contributed by atoms with Crippen LogP contribution in [0.2, 0.25) is 0 Å². The van der Waals surface area contributed by atoms with Crippen LogP contribution in [-0.2, 0) is 33.6 Å². The maximum Gasteiger partial charge on any atom is 0.244 e. The number of hydrogen-bond donors (Lipinski definition) is 5. The average Bonchev–Trinajstić information content (AvgIpc) is 3.54. The van der Waals surface area contributed by atoms with Crippen LogP contribution in [0.25, 0.3) is 22.0 Å². The third-order valence-electron chi connectivity index (χ3n) is 8.81. The van der Waals surface area contributed by atoms with E-state index in [4.69, 9.17) is 0 Å². The Labute approximate surface area is 286 Å². The van der Waals surface area contributed by atoms with Gasteiger partial charge in [-0.25, -0.2) is 5.48 Å². The van der Waals surface area contributed by atoms with E-state index in [0.29, 0.717) is 37.8 Å². The quantitative estimate of drug-likeness (QED) is 0.0506. The van der Waals surface area contributed by atoms with E-state index in [-0.39, 0.29) is 24.5 Å². The second-order valence-corrected chi connectivity index (χ2v) is 12.3. The van der Waals surface area contributed by atoms with Crippen LogP contribution in [0.3, 0.4) is 0 Å². The molecule has 0 radical (unpaired) electrons. The lowest BCUT2D eigenvalue weighted by molar-refractivity contribution is -0.136. The highest BCUT2D eigenvalue weighted by molar-refractivity contribution is 5.94. The SMILES string of the molecule is CC(=O)c1ccc(-c2ccc(CCC[C@H](CC(=O)NO)C(=O)N[C@@H](Cc3c[nH]c4ccccc34)C(=O)NCCc3ccccc3)cc2)cc1. The molecule has 0 spiro atoms. The number of benzene rings is 4. The van der Waals surface area contributed by atoms with Crippen molar-refractivity contribution in [2.45, 2.75) is 51.5 Å². The van der Waals surface area contributed by atoms with Crippen molar-refractivity contribution in [1.82, 2.24) is 21.1 Å². The molecule has 1 aromatic heterocycles. The number of aryl methyl sites for hydroxylation is 1. The highest BCUT2D eigenvalue weighted by atomic mass is 16.5. The lowest BCUT2D eigenvalue weighted by Crippen LogP contribution is -2.50. The van der Waals surface area contributed by atoms with Crippen molar-refractivity contribution in [2.75, 3.05) is 6.54 Å². The van der Waals surface area contributed by atoms with E-state index in [0.717, 1.165) is 38.7 Å². The summed E-state index contributed by atoms with van der Waals surface area (Å²) in [6.45, 7) is 1.95. The Morgan fingerprint density at radius 2 is 1.41 bits per heavy atom. The molecule has 5 rings (SSSR count). The van der Waals surface area contributed by atoms with Crippen LogP contribution in [0.4, 0.5) is 0 Å². The van der Waals surface area contributed by atoms with Gasteiger partial charge in [0, 0.05) is 48.0 Å². The van der Waals surface area contributed by atoms with Gasteiger partial charge in [-0.2, -0.15) is 0 Å². The number of para-hydroxylation sites is 1. The van der Waals surface area contributed by atoms with Gasteiger partial charge in [0.25, 0.3) is 0 Å². The van der Waals surface area contributed by atoms with Gasteiger partial charge in [0.15, 0.2) is 5.78 Å². The summed E-state index contributed by atoms with van der Waals surface area (Å²) in [7, 11) is 0. The van der Waals surface area contributed by atoms with E-state index in [1.54, 1.807) is 12.4 Å². The van der Waals surface area contributed by atoms with E-state index in [2.05, 4.69) is 15.6 Å². The van der Waals surface area contributed by atoms with E-state index in [1.165, 1.54) is 0 Å². The highest BCUT2D eigenvalue weighted by Gasteiger charge is 2.28. The number of Topliss-reactive ketones (excluding diaryl/α,β-unsaturated/α-hetero) is 1. The fraction of sp³-hybridized carbons (Fsp3) is 0.250. The number of carbonyl (C=O) groups excluding carboxylic acids is 4. The maximum absolute atomic E-state index is 13.7. The number of fused-ring (bicyclic) bond motifs is 1. The van der Waals surface area contributed by atoms with Crippen LogP contribution < -0.4 is 16.1 Å². The van der Waals surface area contributed by atoms with Gasteiger partial charge in [-0.05, 0) is 66.5 Å². The van der Waals surface area contributed by atoms with Gasteiger partial charge in [-0.3, -0.25) is 24.4 Å². The zero-order chi connectivity index (χ0) is 34.6. The van der Waals surface area contributed by atoms with Crippen molar-refractivity contribution in [3.05, 3.63) is 132 Å². The summed E-state index contributed by atoms with van der Waals surface area (Å²) in [5.74, 6) is -2.13. The van der Waals surface area contributed by atoms with Gasteiger partial charge in [0.05, 0.1) is 0 Å². The lowest BCUT2D eigenvalue weighted by atomic mass is 9.94. The first-order chi connectivity index (χ1) is 23.8. The predicted molar refractivity (Wildman–Crippen MR) is 190 cm³/mol. The molecule has 5 N–H and O–H groups in total. The minimum atomic E-state index is -0.876. The standard InChI is InChI=1S/C40H42N4O5/c1-27(45)30-18-20-32(21-19-30)31-16-14-29(15-17-31)10-7-11-33(25-38(46)44-49)39(47)43-37(24-34-26-42-36-13-6-5-12-35(34)36)40(48)41-23-22-28-8-3-2-4-9-28/h2-6,8-9,12-21,26,33,37,42,49H,7,10-11,22-25H2,1H3,(H,41,48)(H,43,47)(H,44,46)/t33-,37+/m1/s1. The Kier molecular flexibility index (Phi) is 12.1. The Morgan fingerprint density at radius 1 is 0.755 bits per heavy atom. The second kappa shape index (κ2) is 17.0. The van der Waals surface area contributed by atoms with Crippen molar-refractivity contribution in [3.8, 4) is 11.1 Å². The number of aromatic nitrogens is 1. The number of hydroxylamine groups is 1. The van der Waals surface area contributed by atoms with Gasteiger partial charge in [-0.15, -0.1) is 0 Å². The summed E-state index contributed by atoms with van der Waals surface area (Å²) in [5.41, 5.74) is 8.34. The average molecular weight is 659 g/mol. The molecule has 2 atom stereocenters. The van der Waals surface area contributed by atoms with Crippen molar-refractivity contribution in [2.24, 2.45) is 5.92 Å². The molecular weight excluding hydrogens is 616 g/mol. The molecule has 49 heavy (non-hydrogen) atoms. The number of hydrogen-bond acceptors (Lipinski definition) is 5. The number of aromatic amines is 1. The lowest BCUT2D eigenvalue weighted by Gasteiger charge is -2.22. The van der Waals surface area contributed by atoms with E-state index >= 15 is 0 Å². The first-order valence-corrected chi connectivity index (χ1v) is 16.6. The van der Waals surface area contributed by atoms with Gasteiger partial charge in [0.2, 0.25) is 17.7 Å². The fourth-order valence-corrected chi connectivity index (χ4v) is 6.03. The molecule has 5 aromatic rings. The normalized spacial score (nSPS) is 12.2. The van der Waals surface area contributed by atoms with Crippen LogP contribution in [0.5, 0.6) is 0 Å². The second-order valence-electron chi connectivity index (χ2n) is 12.3. The Bertz CT molecular complexity index is 1870. The number of H-pyrrole nitrogens is 1. The summed E-state index contributed by atoms with van der Waals surface area (Å²) in [5, 5.41) is 16.1. The molecule has 0 saturated heterocycles. The first-order valence-electron chi connectivity index (χ1n) is 16.6. The predicted octanol–water partition coefficient (Wildman–Crippen LogP) is 5.96. The zero-order valence-electron chi connectivity index (χ0n) is 27.6. The Hall–Kier alpha value is -5.54. The van der Waals surface area contributed by atoms with E-state index < -0.39 is 23.8 Å². The van der Waals surface area contributed by atoms with Crippen LogP contribution in [0, 0.1) is 5.92 Å². The molecule has 0 saturated carbocycles. The van der Waals surface area contributed by atoms with Crippen LogP contribution in [-0.4, -0.2) is 46.3 Å². The maximum atomic E-state index is 13.7. The highest BCUT2D eigenvalue weighted by Crippen LogP contribution is 2.23. The van der Waals surface area contributed by atoms with Gasteiger partial charge < -0.3 is 15.6 Å². The summed E-state index contributed by atoms with van der Waals surface area (Å²) in [6, 6.07) is 32.3.